The van der Waals surface area contributed by atoms with Crippen LogP contribution in [0.2, 0.25) is 0 Å². The molecule has 28 heavy (non-hydrogen) atoms. The van der Waals surface area contributed by atoms with Crippen LogP contribution in [-0.4, -0.2) is 103 Å². The van der Waals surface area contributed by atoms with Crippen LogP contribution < -0.4 is 0 Å². The lowest BCUT2D eigenvalue weighted by molar-refractivity contribution is -0.138. The molecule has 0 saturated heterocycles. The molecule has 0 saturated carbocycles. The van der Waals surface area contributed by atoms with E-state index in [1.165, 1.54) is 45.7 Å². The van der Waals surface area contributed by atoms with Crippen LogP contribution in [0.4, 0.5) is 0 Å². The fourth-order valence-corrected chi connectivity index (χ4v) is 2.36. The second-order valence-corrected chi connectivity index (χ2v) is 6.23. The molecule has 0 spiro atoms. The van der Waals surface area contributed by atoms with E-state index in [1.54, 1.807) is 18.0 Å². The van der Waals surface area contributed by atoms with Crippen molar-refractivity contribution in [2.45, 2.75) is 13.0 Å². The van der Waals surface area contributed by atoms with E-state index in [9.17, 15) is 19.5 Å². The monoisotopic (exact) mass is 398 g/mol. The zero-order valence-corrected chi connectivity index (χ0v) is 15.6. The number of rotatable bonds is 8. The van der Waals surface area contributed by atoms with Gasteiger partial charge in [0, 0.05) is 56.8 Å². The minimum atomic E-state index is -1.10. The average molecular weight is 398 g/mol. The fraction of sp³-hybridized carbons (Fsp3) is 0.471. The Kier molecular flexibility index (Phi) is 9.37. The number of aliphatic carboxylic acids is 3. The first-order valence-electron chi connectivity index (χ1n) is 8.53. The molecule has 0 aromatic heterocycles. The van der Waals surface area contributed by atoms with Crippen LogP contribution in [0, 0.1) is 0 Å². The normalized spacial score (nSPS) is 19.9. The standard InChI is InChI=1S/C17H26N4O7/c1-14(22)10-18-2-4-19(11-15(23)24)6-8-21(13-17(27)28)9-7-20(5-3-18)12-16(25)26/h2,4,6-9,14,22H,3,5,10-13H2,1H3,(H,23,24)(H,25,26)(H,27,28)/b4-2+,8-6-,9-7-/t14-/m1/s1. The van der Waals surface area contributed by atoms with E-state index in [2.05, 4.69) is 0 Å². The van der Waals surface area contributed by atoms with Gasteiger partial charge in [0.25, 0.3) is 0 Å². The number of carbonyl (C=O) groups is 3. The Labute approximate surface area is 162 Å². The third kappa shape index (κ3) is 10.1. The highest BCUT2D eigenvalue weighted by molar-refractivity contribution is 5.70. The van der Waals surface area contributed by atoms with Crippen molar-refractivity contribution in [3.63, 3.8) is 0 Å². The number of nitrogens with zero attached hydrogens (tertiary/aromatic N) is 4. The number of carboxylic acid groups (broad SMARTS) is 3. The average Bonchev–Trinajstić information content (AvgIpc) is 2.55. The van der Waals surface area contributed by atoms with Crippen molar-refractivity contribution in [2.75, 3.05) is 39.3 Å². The minimum absolute atomic E-state index is 0.275. The van der Waals surface area contributed by atoms with Crippen LogP contribution in [-0.2, 0) is 14.4 Å². The summed E-state index contributed by atoms with van der Waals surface area (Å²) in [6.45, 7) is 1.54. The topological polar surface area (TPSA) is 145 Å². The third-order valence-electron chi connectivity index (χ3n) is 3.53. The van der Waals surface area contributed by atoms with Crippen LogP contribution in [0.1, 0.15) is 6.92 Å². The minimum Gasteiger partial charge on any atom is -0.480 e. The molecule has 1 atom stereocenters. The summed E-state index contributed by atoms with van der Waals surface area (Å²) in [7, 11) is 0. The van der Waals surface area contributed by atoms with Crippen molar-refractivity contribution < 1.29 is 34.8 Å². The molecular weight excluding hydrogens is 372 g/mol. The summed E-state index contributed by atoms with van der Waals surface area (Å²) in [6, 6.07) is 0. The second kappa shape index (κ2) is 11.5. The molecule has 1 aliphatic rings. The predicted octanol–water partition coefficient (Wildman–Crippen LogP) is -0.744. The molecule has 0 aliphatic carbocycles. The van der Waals surface area contributed by atoms with Gasteiger partial charge in [0.15, 0.2) is 0 Å². The predicted molar refractivity (Wildman–Crippen MR) is 98.6 cm³/mol. The number of aliphatic hydroxyl groups excluding tert-OH is 1. The zero-order valence-electron chi connectivity index (χ0n) is 15.6. The molecule has 0 fully saturated rings. The summed E-state index contributed by atoms with van der Waals surface area (Å²) in [5.41, 5.74) is 0. The van der Waals surface area contributed by atoms with Gasteiger partial charge in [-0.15, -0.1) is 0 Å². The number of carboxylic acids is 3. The van der Waals surface area contributed by atoms with E-state index in [4.69, 9.17) is 15.3 Å². The van der Waals surface area contributed by atoms with E-state index in [1.807, 2.05) is 0 Å². The van der Waals surface area contributed by atoms with Crippen LogP contribution in [0.15, 0.2) is 37.2 Å². The summed E-state index contributed by atoms with van der Waals surface area (Å²) >= 11 is 0. The molecule has 0 amide bonds. The van der Waals surface area contributed by atoms with Crippen molar-refractivity contribution in [3.05, 3.63) is 37.2 Å². The lowest BCUT2D eigenvalue weighted by Gasteiger charge is -2.28. The van der Waals surface area contributed by atoms with Gasteiger partial charge in [-0.3, -0.25) is 14.4 Å². The van der Waals surface area contributed by atoms with Gasteiger partial charge in [0.1, 0.15) is 19.6 Å². The molecule has 4 N–H and O–H groups in total. The zero-order chi connectivity index (χ0) is 21.1. The number of β-amino-alcohol motifs (C(OH)–C–C–N with tert-alkyl or cyclic N) is 1. The third-order valence-corrected chi connectivity index (χ3v) is 3.53. The molecule has 0 unspecified atom stereocenters. The molecule has 1 rings (SSSR count). The SMILES string of the molecule is C[C@@H](O)CN1/C=C/N(CC(=O)O)/C=C\N(CC(=O)O)/C=C\N(CC(=O)O)CC1. The summed E-state index contributed by atoms with van der Waals surface area (Å²) in [6.07, 6.45) is 8.13. The molecule has 0 aromatic carbocycles. The van der Waals surface area contributed by atoms with E-state index < -0.39 is 24.0 Å². The molecule has 156 valence electrons. The van der Waals surface area contributed by atoms with Crippen LogP contribution in [0.5, 0.6) is 0 Å². The Balaban J connectivity index is 3.16. The van der Waals surface area contributed by atoms with Gasteiger partial charge in [-0.2, -0.15) is 0 Å². The maximum absolute atomic E-state index is 11.1. The highest BCUT2D eigenvalue weighted by Gasteiger charge is 2.12. The smallest absolute Gasteiger partial charge is 0.323 e. The quantitative estimate of drug-likeness (QED) is 0.410. The second-order valence-electron chi connectivity index (χ2n) is 6.23. The van der Waals surface area contributed by atoms with Gasteiger partial charge < -0.3 is 40.0 Å². The highest BCUT2D eigenvalue weighted by atomic mass is 16.4. The van der Waals surface area contributed by atoms with E-state index >= 15 is 0 Å². The fourth-order valence-electron chi connectivity index (χ4n) is 2.36. The Morgan fingerprint density at radius 1 is 0.750 bits per heavy atom. The number of hydrogen-bond acceptors (Lipinski definition) is 8. The highest BCUT2D eigenvalue weighted by Crippen LogP contribution is 2.04. The number of aliphatic hydroxyl groups is 1. The summed E-state index contributed by atoms with van der Waals surface area (Å²) < 4.78 is 0. The van der Waals surface area contributed by atoms with Crippen molar-refractivity contribution in [1.82, 2.24) is 19.6 Å². The molecule has 0 aromatic rings. The Morgan fingerprint density at radius 3 is 1.57 bits per heavy atom. The maximum atomic E-state index is 11.1. The molecule has 0 bridgehead atoms. The first-order chi connectivity index (χ1) is 13.2. The molecule has 11 nitrogen and oxygen atoms in total. The Morgan fingerprint density at radius 2 is 1.14 bits per heavy atom. The van der Waals surface area contributed by atoms with E-state index in [-0.39, 0.29) is 26.2 Å². The molecule has 1 heterocycles. The molecule has 1 aliphatic heterocycles. The van der Waals surface area contributed by atoms with Crippen LogP contribution >= 0.6 is 0 Å². The maximum Gasteiger partial charge on any atom is 0.323 e. The van der Waals surface area contributed by atoms with Crippen molar-refractivity contribution in [2.24, 2.45) is 0 Å². The number of hydrogen-bond donors (Lipinski definition) is 4. The van der Waals surface area contributed by atoms with Gasteiger partial charge >= 0.3 is 17.9 Å². The lowest BCUT2D eigenvalue weighted by atomic mass is 10.3. The summed E-state index contributed by atoms with van der Waals surface area (Å²) in [5.74, 6) is -3.21. The first-order valence-corrected chi connectivity index (χ1v) is 8.53. The lowest BCUT2D eigenvalue weighted by Crippen LogP contribution is -2.36. The largest absolute Gasteiger partial charge is 0.480 e. The van der Waals surface area contributed by atoms with E-state index in [0.717, 1.165) is 0 Å². The molecular formula is C17H26N4O7. The van der Waals surface area contributed by atoms with Crippen LogP contribution in [0.3, 0.4) is 0 Å². The van der Waals surface area contributed by atoms with Gasteiger partial charge in [-0.1, -0.05) is 0 Å². The van der Waals surface area contributed by atoms with Crippen LogP contribution in [0.25, 0.3) is 0 Å². The Hall–Kier alpha value is -3.21. The first kappa shape index (κ1) is 22.8. The Bertz CT molecular complexity index is 633. The molecule has 0 radical (unpaired) electrons. The summed E-state index contributed by atoms with van der Waals surface area (Å²) in [5, 5.41) is 36.8. The molecule has 11 heteroatoms. The summed E-state index contributed by atoms with van der Waals surface area (Å²) in [4.78, 5) is 39.1. The van der Waals surface area contributed by atoms with Gasteiger partial charge in [-0.25, -0.2) is 0 Å². The van der Waals surface area contributed by atoms with Gasteiger partial charge in [-0.05, 0) is 6.92 Å². The van der Waals surface area contributed by atoms with E-state index in [0.29, 0.717) is 13.1 Å². The van der Waals surface area contributed by atoms with Crippen molar-refractivity contribution in [3.8, 4) is 0 Å². The van der Waals surface area contributed by atoms with Crippen molar-refractivity contribution >= 4 is 17.9 Å². The van der Waals surface area contributed by atoms with Gasteiger partial charge in [0.2, 0.25) is 0 Å². The van der Waals surface area contributed by atoms with Gasteiger partial charge in [0.05, 0.1) is 6.10 Å². The van der Waals surface area contributed by atoms with Crippen molar-refractivity contribution in [1.29, 1.82) is 0 Å².